The van der Waals surface area contributed by atoms with Crippen LogP contribution in [0.1, 0.15) is 37.8 Å². The molecule has 1 aromatic heterocycles. The highest BCUT2D eigenvalue weighted by Gasteiger charge is 2.23. The highest BCUT2D eigenvalue weighted by atomic mass is 32.1. The van der Waals surface area contributed by atoms with Gasteiger partial charge in [-0.1, -0.05) is 44.2 Å². The maximum atomic E-state index is 11.9. The van der Waals surface area contributed by atoms with Crippen LogP contribution in [-0.4, -0.2) is 21.0 Å². The van der Waals surface area contributed by atoms with Gasteiger partial charge in [-0.25, -0.2) is 0 Å². The third kappa shape index (κ3) is 4.45. The van der Waals surface area contributed by atoms with Gasteiger partial charge in [0.05, 0.1) is 4.92 Å². The van der Waals surface area contributed by atoms with Gasteiger partial charge in [0, 0.05) is 23.6 Å². The Labute approximate surface area is 143 Å². The minimum atomic E-state index is -0.477. The van der Waals surface area contributed by atoms with Gasteiger partial charge in [-0.05, 0) is 18.1 Å². The Balaban J connectivity index is 2.03. The van der Waals surface area contributed by atoms with Crippen LogP contribution in [0.5, 0.6) is 0 Å². The molecule has 1 N–H and O–H groups in total. The number of hydrogen-bond acceptors (Lipinski definition) is 6. The van der Waals surface area contributed by atoms with Gasteiger partial charge in [-0.2, -0.15) is 0 Å². The van der Waals surface area contributed by atoms with Crippen molar-refractivity contribution in [2.45, 2.75) is 32.6 Å². The number of carbonyl (C=O) groups is 1. The van der Waals surface area contributed by atoms with Gasteiger partial charge in [0.2, 0.25) is 11.0 Å². The lowest BCUT2D eigenvalue weighted by Crippen LogP contribution is -2.14. The molecule has 0 saturated carbocycles. The summed E-state index contributed by atoms with van der Waals surface area (Å²) in [6.07, 6.45) is 3.74. The summed E-state index contributed by atoms with van der Waals surface area (Å²) in [6.45, 7) is 6.21. The number of nitro benzene ring substituents is 1. The van der Waals surface area contributed by atoms with Gasteiger partial charge in [0.25, 0.3) is 5.69 Å². The van der Waals surface area contributed by atoms with Gasteiger partial charge >= 0.3 is 0 Å². The van der Waals surface area contributed by atoms with Crippen molar-refractivity contribution in [3.05, 3.63) is 51.0 Å². The van der Waals surface area contributed by atoms with Gasteiger partial charge < -0.3 is 0 Å². The predicted octanol–water partition coefficient (Wildman–Crippen LogP) is 3.79. The first-order valence-electron chi connectivity index (χ1n) is 7.39. The molecule has 1 heterocycles. The lowest BCUT2D eigenvalue weighted by molar-refractivity contribution is -0.384. The number of non-ortho nitro benzene ring substituents is 1. The lowest BCUT2D eigenvalue weighted by Gasteiger charge is -2.17. The molecular weight excluding hydrogens is 328 g/mol. The van der Waals surface area contributed by atoms with E-state index in [-0.39, 0.29) is 17.0 Å². The summed E-state index contributed by atoms with van der Waals surface area (Å²) in [5.74, 6) is -0.362. The number of rotatable bonds is 6. The zero-order valence-corrected chi connectivity index (χ0v) is 14.5. The number of nitro groups is 1. The molecule has 0 aliphatic carbocycles. The van der Waals surface area contributed by atoms with E-state index in [1.165, 1.54) is 35.6 Å². The topological polar surface area (TPSA) is 98.0 Å². The molecule has 24 heavy (non-hydrogen) atoms. The van der Waals surface area contributed by atoms with Crippen LogP contribution < -0.4 is 5.32 Å². The molecule has 0 aliphatic rings. The summed E-state index contributed by atoms with van der Waals surface area (Å²) in [7, 11) is 0. The third-order valence-electron chi connectivity index (χ3n) is 3.63. The molecule has 0 unspecified atom stereocenters. The molecule has 1 amide bonds. The lowest BCUT2D eigenvalue weighted by atomic mass is 9.91. The molecule has 0 fully saturated rings. The fourth-order valence-corrected chi connectivity index (χ4v) is 2.68. The van der Waals surface area contributed by atoms with Crippen molar-refractivity contribution in [2.24, 2.45) is 0 Å². The van der Waals surface area contributed by atoms with Gasteiger partial charge in [-0.15, -0.1) is 10.2 Å². The normalized spacial score (nSPS) is 11.6. The van der Waals surface area contributed by atoms with Crippen LogP contribution in [0, 0.1) is 10.1 Å². The number of amides is 1. The van der Waals surface area contributed by atoms with E-state index in [0.29, 0.717) is 10.7 Å². The average Bonchev–Trinajstić information content (AvgIpc) is 3.02. The zero-order valence-electron chi connectivity index (χ0n) is 13.6. The largest absolute Gasteiger partial charge is 0.297 e. The van der Waals surface area contributed by atoms with E-state index in [0.717, 1.165) is 11.4 Å². The van der Waals surface area contributed by atoms with Crippen LogP contribution in [0.15, 0.2) is 30.3 Å². The molecule has 126 valence electrons. The standard InChI is InChI=1S/C16H18N4O3S/c1-4-16(2,3)14-18-19-15(24-14)17-13(21)9-8-11-6-5-7-12(10-11)20(22)23/h5-10H,4H2,1-3H3,(H,17,19,21)/b9-8+. The highest BCUT2D eigenvalue weighted by Crippen LogP contribution is 2.30. The molecule has 1 aromatic carbocycles. The molecule has 0 spiro atoms. The van der Waals surface area contributed by atoms with E-state index in [9.17, 15) is 14.9 Å². The molecule has 0 aliphatic heterocycles. The third-order valence-corrected chi connectivity index (χ3v) is 4.83. The maximum absolute atomic E-state index is 11.9. The fraction of sp³-hybridized carbons (Fsp3) is 0.312. The molecule has 2 aromatic rings. The number of hydrogen-bond donors (Lipinski definition) is 1. The fourth-order valence-electron chi connectivity index (χ4n) is 1.76. The second-order valence-electron chi connectivity index (χ2n) is 5.82. The van der Waals surface area contributed by atoms with E-state index < -0.39 is 4.92 Å². The Kier molecular flexibility index (Phi) is 5.40. The van der Waals surface area contributed by atoms with Crippen LogP contribution in [-0.2, 0) is 10.2 Å². The first-order valence-corrected chi connectivity index (χ1v) is 8.21. The smallest absolute Gasteiger partial charge is 0.270 e. The van der Waals surface area contributed by atoms with Crippen molar-refractivity contribution < 1.29 is 9.72 Å². The number of nitrogens with zero attached hydrogens (tertiary/aromatic N) is 3. The number of anilines is 1. The Morgan fingerprint density at radius 2 is 2.17 bits per heavy atom. The summed E-state index contributed by atoms with van der Waals surface area (Å²) in [5.41, 5.74) is 0.469. The molecule has 0 atom stereocenters. The summed E-state index contributed by atoms with van der Waals surface area (Å²) in [6, 6.07) is 6.05. The Hall–Kier alpha value is -2.61. The molecule has 8 heteroatoms. The van der Waals surface area contributed by atoms with Gasteiger partial charge in [0.1, 0.15) is 5.01 Å². The second kappa shape index (κ2) is 7.31. The molecule has 2 rings (SSSR count). The first-order chi connectivity index (χ1) is 11.3. The van der Waals surface area contributed by atoms with Crippen LogP contribution >= 0.6 is 11.3 Å². The SMILES string of the molecule is CCC(C)(C)c1nnc(NC(=O)/C=C/c2cccc([N+](=O)[O-])c2)s1. The summed E-state index contributed by atoms with van der Waals surface area (Å²) < 4.78 is 0. The van der Waals surface area contributed by atoms with E-state index >= 15 is 0 Å². The van der Waals surface area contributed by atoms with E-state index in [1.807, 2.05) is 0 Å². The van der Waals surface area contributed by atoms with Crippen molar-refractivity contribution in [1.29, 1.82) is 0 Å². The van der Waals surface area contributed by atoms with E-state index in [1.54, 1.807) is 12.1 Å². The monoisotopic (exact) mass is 346 g/mol. The van der Waals surface area contributed by atoms with Gasteiger partial charge in [0.15, 0.2) is 0 Å². The molecule has 0 saturated heterocycles. The average molecular weight is 346 g/mol. The number of benzene rings is 1. The summed E-state index contributed by atoms with van der Waals surface area (Å²) in [5, 5.41) is 22.8. The highest BCUT2D eigenvalue weighted by molar-refractivity contribution is 7.15. The van der Waals surface area contributed by atoms with Crippen LogP contribution in [0.2, 0.25) is 0 Å². The minimum absolute atomic E-state index is 0.0203. The summed E-state index contributed by atoms with van der Waals surface area (Å²) >= 11 is 1.34. The Morgan fingerprint density at radius 1 is 1.42 bits per heavy atom. The summed E-state index contributed by atoms with van der Waals surface area (Å²) in [4.78, 5) is 22.2. The van der Waals surface area contributed by atoms with Crippen molar-refractivity contribution in [3.8, 4) is 0 Å². The van der Waals surface area contributed by atoms with Gasteiger partial charge in [-0.3, -0.25) is 20.2 Å². The van der Waals surface area contributed by atoms with Crippen LogP contribution in [0.25, 0.3) is 6.08 Å². The van der Waals surface area contributed by atoms with E-state index in [4.69, 9.17) is 0 Å². The number of carbonyl (C=O) groups excluding carboxylic acids is 1. The maximum Gasteiger partial charge on any atom is 0.270 e. The Morgan fingerprint density at radius 3 is 2.83 bits per heavy atom. The predicted molar refractivity (Wildman–Crippen MR) is 94.0 cm³/mol. The van der Waals surface area contributed by atoms with E-state index in [2.05, 4.69) is 36.3 Å². The minimum Gasteiger partial charge on any atom is -0.297 e. The quantitative estimate of drug-likeness (QED) is 0.487. The van der Waals surface area contributed by atoms with Crippen molar-refractivity contribution >= 4 is 34.1 Å². The molecule has 0 bridgehead atoms. The van der Waals surface area contributed by atoms with Crippen molar-refractivity contribution in [1.82, 2.24) is 10.2 Å². The second-order valence-corrected chi connectivity index (χ2v) is 6.80. The van der Waals surface area contributed by atoms with Crippen LogP contribution in [0.3, 0.4) is 0 Å². The molecular formula is C16H18N4O3S. The zero-order chi connectivity index (χ0) is 17.7. The first kappa shape index (κ1) is 17.7. The molecule has 7 nitrogen and oxygen atoms in total. The number of aromatic nitrogens is 2. The molecule has 0 radical (unpaired) electrons. The van der Waals surface area contributed by atoms with Crippen LogP contribution in [0.4, 0.5) is 10.8 Å². The van der Waals surface area contributed by atoms with Crippen molar-refractivity contribution in [3.63, 3.8) is 0 Å². The number of nitrogens with one attached hydrogen (secondary N) is 1. The Bertz CT molecular complexity index is 783. The van der Waals surface area contributed by atoms with Crippen molar-refractivity contribution in [2.75, 3.05) is 5.32 Å².